The molecule has 0 radical (unpaired) electrons. The third-order valence-corrected chi connectivity index (χ3v) is 5.97. The smallest absolute Gasteiger partial charge is 0.262 e. The molecule has 0 unspecified atom stereocenters. The maximum atomic E-state index is 12.8. The van der Waals surface area contributed by atoms with Crippen molar-refractivity contribution in [3.05, 3.63) is 56.0 Å². The average Bonchev–Trinajstić information content (AvgIpc) is 3.01. The molecule has 3 aromatic rings. The van der Waals surface area contributed by atoms with E-state index in [4.69, 9.17) is 21.3 Å². The molecule has 0 saturated carbocycles. The predicted octanol–water partition coefficient (Wildman–Crippen LogP) is 4.44. The van der Waals surface area contributed by atoms with Gasteiger partial charge >= 0.3 is 0 Å². The molecule has 0 aliphatic rings. The van der Waals surface area contributed by atoms with Gasteiger partial charge in [-0.15, -0.1) is 11.3 Å². The van der Waals surface area contributed by atoms with Crippen molar-refractivity contribution in [1.82, 2.24) is 9.55 Å². The lowest BCUT2D eigenvalue weighted by Gasteiger charge is -2.12. The van der Waals surface area contributed by atoms with Gasteiger partial charge in [0.25, 0.3) is 5.56 Å². The molecule has 0 aliphatic heterocycles. The Bertz CT molecular complexity index is 892. The average molecular weight is 381 g/mol. The van der Waals surface area contributed by atoms with Gasteiger partial charge < -0.3 is 4.74 Å². The summed E-state index contributed by atoms with van der Waals surface area (Å²) in [5.74, 6) is 0.743. The van der Waals surface area contributed by atoms with E-state index in [1.807, 2.05) is 36.4 Å². The monoisotopic (exact) mass is 380 g/mol. The highest BCUT2D eigenvalue weighted by molar-refractivity contribution is 7.98. The number of rotatable bonds is 7. The quantitative estimate of drug-likeness (QED) is 0.345. The van der Waals surface area contributed by atoms with Crippen LogP contribution < -0.4 is 5.56 Å². The Hall–Kier alpha value is -1.34. The second kappa shape index (κ2) is 8.16. The van der Waals surface area contributed by atoms with E-state index in [9.17, 15) is 4.79 Å². The lowest BCUT2D eigenvalue weighted by Crippen LogP contribution is -2.24. The first-order valence-electron chi connectivity index (χ1n) is 7.54. The maximum Gasteiger partial charge on any atom is 0.262 e. The molecule has 0 spiro atoms. The van der Waals surface area contributed by atoms with Crippen LogP contribution in [0.3, 0.4) is 0 Å². The molecule has 24 heavy (non-hydrogen) atoms. The van der Waals surface area contributed by atoms with Crippen molar-refractivity contribution in [2.75, 3.05) is 13.7 Å². The highest BCUT2D eigenvalue weighted by atomic mass is 35.5. The number of para-hydroxylation sites is 1. The van der Waals surface area contributed by atoms with Crippen LogP contribution in [-0.2, 0) is 17.0 Å². The van der Waals surface area contributed by atoms with Crippen LogP contribution in [0.15, 0.2) is 46.3 Å². The summed E-state index contributed by atoms with van der Waals surface area (Å²) < 4.78 is 7.63. The fraction of sp³-hybridized carbons (Fsp3) is 0.294. The largest absolute Gasteiger partial charge is 0.385 e. The summed E-state index contributed by atoms with van der Waals surface area (Å²) in [4.78, 5) is 18.7. The summed E-state index contributed by atoms with van der Waals surface area (Å²) in [6.45, 7) is 1.21. The third kappa shape index (κ3) is 4.00. The van der Waals surface area contributed by atoms with E-state index in [1.54, 1.807) is 34.8 Å². The van der Waals surface area contributed by atoms with E-state index in [-0.39, 0.29) is 5.56 Å². The Morgan fingerprint density at radius 1 is 1.29 bits per heavy atom. The number of methoxy groups -OCH3 is 1. The lowest BCUT2D eigenvalue weighted by atomic mass is 10.2. The number of hydrogen-bond acceptors (Lipinski definition) is 5. The summed E-state index contributed by atoms with van der Waals surface area (Å²) in [6, 6.07) is 11.4. The number of thioether (sulfide) groups is 1. The van der Waals surface area contributed by atoms with Crippen LogP contribution >= 0.6 is 34.7 Å². The van der Waals surface area contributed by atoms with Gasteiger partial charge in [0, 0.05) is 30.9 Å². The Morgan fingerprint density at radius 2 is 2.12 bits per heavy atom. The van der Waals surface area contributed by atoms with Crippen LogP contribution in [0.4, 0.5) is 0 Å². The molecule has 0 saturated heterocycles. The van der Waals surface area contributed by atoms with Crippen LogP contribution in [-0.4, -0.2) is 23.3 Å². The van der Waals surface area contributed by atoms with Crippen molar-refractivity contribution >= 4 is 45.6 Å². The molecular formula is C17H17ClN2O2S2. The molecule has 0 N–H and O–H groups in total. The molecule has 2 aromatic heterocycles. The minimum Gasteiger partial charge on any atom is -0.385 e. The zero-order valence-electron chi connectivity index (χ0n) is 13.2. The molecular weight excluding hydrogens is 364 g/mol. The van der Waals surface area contributed by atoms with Gasteiger partial charge in [0.05, 0.1) is 15.2 Å². The predicted molar refractivity (Wildman–Crippen MR) is 101 cm³/mol. The first-order chi connectivity index (χ1) is 11.7. The van der Waals surface area contributed by atoms with Gasteiger partial charge in [-0.05, 0) is 30.7 Å². The van der Waals surface area contributed by atoms with Gasteiger partial charge in [0.1, 0.15) is 0 Å². The van der Waals surface area contributed by atoms with Crippen LogP contribution in [0.1, 0.15) is 11.3 Å². The Balaban J connectivity index is 1.93. The topological polar surface area (TPSA) is 44.1 Å². The summed E-state index contributed by atoms with van der Waals surface area (Å²) in [6.07, 6.45) is 0.773. The molecule has 0 fully saturated rings. The van der Waals surface area contributed by atoms with Crippen LogP contribution in [0.2, 0.25) is 4.34 Å². The van der Waals surface area contributed by atoms with E-state index < -0.39 is 0 Å². The van der Waals surface area contributed by atoms with E-state index in [0.717, 1.165) is 32.1 Å². The number of hydrogen-bond donors (Lipinski definition) is 0. The Labute approximate surface area is 153 Å². The number of fused-ring (bicyclic) bond motifs is 1. The maximum absolute atomic E-state index is 12.8. The van der Waals surface area contributed by atoms with Crippen molar-refractivity contribution in [3.63, 3.8) is 0 Å². The van der Waals surface area contributed by atoms with E-state index in [0.29, 0.717) is 18.5 Å². The molecule has 3 rings (SSSR count). The normalized spacial score (nSPS) is 11.2. The van der Waals surface area contributed by atoms with Crippen molar-refractivity contribution < 1.29 is 4.74 Å². The van der Waals surface area contributed by atoms with Crippen LogP contribution in [0.5, 0.6) is 0 Å². The molecule has 0 aliphatic carbocycles. The van der Waals surface area contributed by atoms with Gasteiger partial charge in [0.15, 0.2) is 5.16 Å². The summed E-state index contributed by atoms with van der Waals surface area (Å²) in [5.41, 5.74) is 0.737. The van der Waals surface area contributed by atoms with Crippen molar-refractivity contribution in [3.8, 4) is 0 Å². The fourth-order valence-corrected chi connectivity index (χ4v) is 4.54. The minimum absolute atomic E-state index is 0.00316. The zero-order chi connectivity index (χ0) is 16.9. The number of thiophene rings is 1. The van der Waals surface area contributed by atoms with E-state index >= 15 is 0 Å². The van der Waals surface area contributed by atoms with E-state index in [2.05, 4.69) is 0 Å². The van der Waals surface area contributed by atoms with Crippen LogP contribution in [0.25, 0.3) is 10.9 Å². The molecule has 2 heterocycles. The summed E-state index contributed by atoms with van der Waals surface area (Å²) in [5, 5.41) is 1.39. The number of halogens is 1. The Morgan fingerprint density at radius 3 is 2.88 bits per heavy atom. The van der Waals surface area contributed by atoms with Crippen molar-refractivity contribution in [1.29, 1.82) is 0 Å². The number of aromatic nitrogens is 2. The van der Waals surface area contributed by atoms with Crippen LogP contribution in [0, 0.1) is 0 Å². The molecule has 0 bridgehead atoms. The van der Waals surface area contributed by atoms with Gasteiger partial charge in [-0.25, -0.2) is 4.98 Å². The number of nitrogens with zero attached hydrogens (tertiary/aromatic N) is 2. The highest BCUT2D eigenvalue weighted by Crippen LogP contribution is 2.28. The first-order valence-corrected chi connectivity index (χ1v) is 9.72. The van der Waals surface area contributed by atoms with E-state index in [1.165, 1.54) is 0 Å². The van der Waals surface area contributed by atoms with Gasteiger partial charge in [-0.3, -0.25) is 9.36 Å². The van der Waals surface area contributed by atoms with Gasteiger partial charge in [0.2, 0.25) is 0 Å². The molecule has 0 amide bonds. The minimum atomic E-state index is 0.00316. The molecule has 1 aromatic carbocycles. The standard InChI is InChI=1S/C17H17ClN2O2S2/c1-22-10-4-9-20-16(21)13-5-2-3-6-14(13)19-17(20)23-11-12-7-8-15(18)24-12/h2-3,5-8H,4,9-11H2,1H3. The SMILES string of the molecule is COCCCn1c(SCc2ccc(Cl)s2)nc2ccccc2c1=O. The van der Waals surface area contributed by atoms with Gasteiger partial charge in [-0.2, -0.15) is 0 Å². The lowest BCUT2D eigenvalue weighted by molar-refractivity contribution is 0.189. The number of benzene rings is 1. The van der Waals surface area contributed by atoms with Crippen molar-refractivity contribution in [2.24, 2.45) is 0 Å². The first kappa shape index (κ1) is 17.5. The highest BCUT2D eigenvalue weighted by Gasteiger charge is 2.12. The second-order valence-electron chi connectivity index (χ2n) is 5.21. The third-order valence-electron chi connectivity index (χ3n) is 3.53. The zero-order valence-corrected chi connectivity index (χ0v) is 15.6. The molecule has 4 nitrogen and oxygen atoms in total. The second-order valence-corrected chi connectivity index (χ2v) is 7.95. The molecule has 126 valence electrons. The van der Waals surface area contributed by atoms with Gasteiger partial charge in [-0.1, -0.05) is 35.5 Å². The fourth-order valence-electron chi connectivity index (χ4n) is 2.39. The Kier molecular flexibility index (Phi) is 5.94. The van der Waals surface area contributed by atoms with Crippen molar-refractivity contribution in [2.45, 2.75) is 23.9 Å². The number of ether oxygens (including phenoxy) is 1. The summed E-state index contributed by atoms with van der Waals surface area (Å²) in [7, 11) is 1.66. The molecule has 0 atom stereocenters. The molecule has 7 heteroatoms. The summed E-state index contributed by atoms with van der Waals surface area (Å²) >= 11 is 9.10.